The van der Waals surface area contributed by atoms with Gasteiger partial charge in [-0.2, -0.15) is 0 Å². The lowest BCUT2D eigenvalue weighted by atomic mass is 9.81. The van der Waals surface area contributed by atoms with Crippen LogP contribution in [0.1, 0.15) is 40.5 Å². The average molecular weight is 332 g/mol. The van der Waals surface area contributed by atoms with E-state index in [0.29, 0.717) is 16.8 Å². The Bertz CT molecular complexity index is 729. The van der Waals surface area contributed by atoms with Gasteiger partial charge < -0.3 is 15.1 Å². The van der Waals surface area contributed by atoms with Gasteiger partial charge in [0, 0.05) is 17.5 Å². The van der Waals surface area contributed by atoms with Crippen LogP contribution in [0.2, 0.25) is 0 Å². The van der Waals surface area contributed by atoms with Crippen molar-refractivity contribution in [3.63, 3.8) is 0 Å². The van der Waals surface area contributed by atoms with Gasteiger partial charge in [0.2, 0.25) is 0 Å². The Kier molecular flexibility index (Phi) is 4.14. The molecule has 3 atom stereocenters. The molecule has 120 valence electrons. The number of rotatable bonds is 4. The lowest BCUT2D eigenvalue weighted by Crippen LogP contribution is -2.47. The van der Waals surface area contributed by atoms with Gasteiger partial charge in [-0.3, -0.25) is 9.59 Å². The van der Waals surface area contributed by atoms with Crippen LogP contribution in [0.15, 0.2) is 35.2 Å². The highest BCUT2D eigenvalue weighted by Gasteiger charge is 2.45. The summed E-state index contributed by atoms with van der Waals surface area (Å²) in [6.07, 6.45) is -0.764. The Labute approximate surface area is 137 Å². The van der Waals surface area contributed by atoms with E-state index in [1.807, 2.05) is 0 Å². The fraction of sp³-hybridized carbons (Fsp3) is 0.312. The van der Waals surface area contributed by atoms with Crippen LogP contribution >= 0.6 is 11.3 Å². The first-order valence-corrected chi connectivity index (χ1v) is 8.14. The second-order valence-corrected chi connectivity index (χ2v) is 6.29. The summed E-state index contributed by atoms with van der Waals surface area (Å²) in [5.74, 6) is -2.21. The van der Waals surface area contributed by atoms with E-state index in [1.54, 1.807) is 42.1 Å². The summed E-state index contributed by atoms with van der Waals surface area (Å²) >= 11 is 1.35. The summed E-state index contributed by atoms with van der Waals surface area (Å²) in [4.78, 5) is 30.4. The van der Waals surface area contributed by atoms with E-state index >= 15 is 0 Å². The standard InChI is InChI=1S/C16H16N2O4S/c1-9(19)6-18-14(12-7-23-8-17-12)13(16(21)22)10-4-2-3-5-11(10)15(18)20/h2-5,7-9,13-14,19H,6H2,1H3,(H,21,22)/t9-,13-,14-/m0/s1. The van der Waals surface area contributed by atoms with Crippen molar-refractivity contribution >= 4 is 23.2 Å². The summed E-state index contributed by atoms with van der Waals surface area (Å²) in [5.41, 5.74) is 3.00. The first-order chi connectivity index (χ1) is 11.0. The van der Waals surface area contributed by atoms with Gasteiger partial charge in [-0.1, -0.05) is 18.2 Å². The van der Waals surface area contributed by atoms with E-state index in [2.05, 4.69) is 4.98 Å². The number of nitrogens with zero attached hydrogens (tertiary/aromatic N) is 2. The van der Waals surface area contributed by atoms with Crippen LogP contribution in [0.25, 0.3) is 0 Å². The molecule has 0 fully saturated rings. The maximum atomic E-state index is 12.8. The third-order valence-electron chi connectivity index (χ3n) is 3.92. The molecule has 0 radical (unpaired) electrons. The summed E-state index contributed by atoms with van der Waals surface area (Å²) < 4.78 is 0. The van der Waals surface area contributed by atoms with E-state index in [4.69, 9.17) is 0 Å². The summed E-state index contributed by atoms with van der Waals surface area (Å²) in [7, 11) is 0. The molecular weight excluding hydrogens is 316 g/mol. The number of hydrogen-bond acceptors (Lipinski definition) is 5. The van der Waals surface area contributed by atoms with Gasteiger partial charge in [-0.25, -0.2) is 4.98 Å². The van der Waals surface area contributed by atoms with Gasteiger partial charge in [0.1, 0.15) is 5.92 Å². The van der Waals surface area contributed by atoms with Crippen molar-refractivity contribution in [2.75, 3.05) is 6.54 Å². The molecule has 1 aromatic carbocycles. The fourth-order valence-electron chi connectivity index (χ4n) is 3.04. The first-order valence-electron chi connectivity index (χ1n) is 7.19. The van der Waals surface area contributed by atoms with E-state index in [0.717, 1.165) is 0 Å². The van der Waals surface area contributed by atoms with Crippen LogP contribution in [-0.4, -0.2) is 44.6 Å². The predicted molar refractivity (Wildman–Crippen MR) is 84.4 cm³/mol. The van der Waals surface area contributed by atoms with E-state index < -0.39 is 24.0 Å². The van der Waals surface area contributed by atoms with Gasteiger partial charge in [-0.15, -0.1) is 11.3 Å². The third-order valence-corrected chi connectivity index (χ3v) is 4.52. The van der Waals surface area contributed by atoms with Crippen molar-refractivity contribution in [1.29, 1.82) is 0 Å². The predicted octanol–water partition coefficient (Wildman–Crippen LogP) is 1.89. The number of carboxylic acid groups (broad SMARTS) is 1. The molecule has 1 aliphatic heterocycles. The Morgan fingerprint density at radius 1 is 1.43 bits per heavy atom. The van der Waals surface area contributed by atoms with Gasteiger partial charge in [0.05, 0.1) is 23.4 Å². The highest BCUT2D eigenvalue weighted by molar-refractivity contribution is 7.07. The van der Waals surface area contributed by atoms with Crippen LogP contribution in [0.3, 0.4) is 0 Å². The molecule has 0 saturated carbocycles. The van der Waals surface area contributed by atoms with Gasteiger partial charge in [-0.05, 0) is 18.6 Å². The largest absolute Gasteiger partial charge is 0.481 e. The molecule has 1 aliphatic rings. The highest BCUT2D eigenvalue weighted by atomic mass is 32.1. The first kappa shape index (κ1) is 15.6. The maximum absolute atomic E-state index is 12.8. The van der Waals surface area contributed by atoms with Gasteiger partial charge in [0.25, 0.3) is 5.91 Å². The Balaban J connectivity index is 2.19. The van der Waals surface area contributed by atoms with Crippen molar-refractivity contribution in [3.8, 4) is 0 Å². The molecular formula is C16H16N2O4S. The van der Waals surface area contributed by atoms with Crippen LogP contribution in [0.4, 0.5) is 0 Å². The molecule has 2 heterocycles. The maximum Gasteiger partial charge on any atom is 0.313 e. The second-order valence-electron chi connectivity index (χ2n) is 5.57. The molecule has 1 amide bonds. The van der Waals surface area contributed by atoms with Crippen molar-refractivity contribution < 1.29 is 19.8 Å². The van der Waals surface area contributed by atoms with Crippen molar-refractivity contribution in [2.45, 2.75) is 25.0 Å². The topological polar surface area (TPSA) is 90.7 Å². The Hall–Kier alpha value is -2.25. The lowest BCUT2D eigenvalue weighted by molar-refractivity contribution is -0.140. The van der Waals surface area contributed by atoms with Gasteiger partial charge in [0.15, 0.2) is 0 Å². The van der Waals surface area contributed by atoms with E-state index in [9.17, 15) is 19.8 Å². The van der Waals surface area contributed by atoms with Crippen molar-refractivity contribution in [1.82, 2.24) is 9.88 Å². The minimum absolute atomic E-state index is 0.0547. The fourth-order valence-corrected chi connectivity index (χ4v) is 3.62. The number of fused-ring (bicyclic) bond motifs is 1. The zero-order chi connectivity index (χ0) is 16.6. The molecule has 23 heavy (non-hydrogen) atoms. The third kappa shape index (κ3) is 2.73. The van der Waals surface area contributed by atoms with Crippen LogP contribution in [0, 0.1) is 0 Å². The van der Waals surface area contributed by atoms with Crippen molar-refractivity contribution in [2.24, 2.45) is 0 Å². The monoisotopic (exact) mass is 332 g/mol. The molecule has 6 nitrogen and oxygen atoms in total. The lowest BCUT2D eigenvalue weighted by Gasteiger charge is -2.40. The number of thiazole rings is 1. The number of carboxylic acids is 1. The molecule has 2 aromatic rings. The number of hydrogen-bond donors (Lipinski definition) is 2. The molecule has 0 spiro atoms. The minimum atomic E-state index is -1.02. The second kappa shape index (κ2) is 6.10. The number of aromatic nitrogens is 1. The average Bonchev–Trinajstić information content (AvgIpc) is 3.03. The van der Waals surface area contributed by atoms with E-state index in [-0.39, 0.29) is 12.5 Å². The smallest absolute Gasteiger partial charge is 0.313 e. The summed E-state index contributed by atoms with van der Waals surface area (Å²) in [6, 6.07) is 6.00. The number of carbonyl (C=O) groups is 2. The quantitative estimate of drug-likeness (QED) is 0.892. The molecule has 0 unspecified atom stereocenters. The SMILES string of the molecule is C[C@H](O)CN1C(=O)c2ccccc2[C@H](C(=O)O)[C@@H]1c1cscn1. The number of aliphatic hydroxyl groups excluding tert-OH is 1. The number of aliphatic carboxylic acids is 1. The zero-order valence-corrected chi connectivity index (χ0v) is 13.2. The van der Waals surface area contributed by atoms with Crippen LogP contribution in [0.5, 0.6) is 0 Å². The zero-order valence-electron chi connectivity index (χ0n) is 12.4. The molecule has 1 aromatic heterocycles. The number of amides is 1. The number of aliphatic hydroxyl groups is 1. The van der Waals surface area contributed by atoms with Crippen LogP contribution < -0.4 is 0 Å². The minimum Gasteiger partial charge on any atom is -0.481 e. The Morgan fingerprint density at radius 2 is 2.17 bits per heavy atom. The molecule has 3 rings (SSSR count). The van der Waals surface area contributed by atoms with E-state index in [1.165, 1.54) is 16.2 Å². The van der Waals surface area contributed by atoms with Crippen LogP contribution in [-0.2, 0) is 4.79 Å². The normalized spacial score (nSPS) is 21.8. The summed E-state index contributed by atoms with van der Waals surface area (Å²) in [6.45, 7) is 1.63. The number of carbonyl (C=O) groups excluding carboxylic acids is 1. The Morgan fingerprint density at radius 3 is 2.78 bits per heavy atom. The molecule has 0 aliphatic carbocycles. The van der Waals surface area contributed by atoms with Gasteiger partial charge >= 0.3 is 5.97 Å². The highest BCUT2D eigenvalue weighted by Crippen LogP contribution is 2.42. The molecule has 7 heteroatoms. The molecule has 2 N–H and O–H groups in total. The number of β-amino-alcohol motifs (C(OH)–C–C–N with tert-alkyl or cyclic N) is 1. The molecule has 0 bridgehead atoms. The van der Waals surface area contributed by atoms with Crippen molar-refractivity contribution in [3.05, 3.63) is 52.0 Å². The molecule has 0 saturated heterocycles. The number of benzene rings is 1. The summed E-state index contributed by atoms with van der Waals surface area (Å²) in [5, 5.41) is 21.3.